The molecule has 1 aromatic heterocycles. The van der Waals surface area contributed by atoms with Crippen LogP contribution >= 0.6 is 0 Å². The van der Waals surface area contributed by atoms with Crippen molar-refractivity contribution in [3.8, 4) is 0 Å². The van der Waals surface area contributed by atoms with Crippen molar-refractivity contribution in [2.75, 3.05) is 31.1 Å². The fourth-order valence-corrected chi connectivity index (χ4v) is 4.02. The van der Waals surface area contributed by atoms with Crippen LogP contribution < -0.4 is 10.3 Å². The number of hydrogen-bond acceptors (Lipinski definition) is 7. The van der Waals surface area contributed by atoms with Crippen LogP contribution in [0.4, 0.5) is 10.5 Å². The largest absolute Gasteiger partial charge is 0.479 e. The number of aliphatic carboxylic acids is 1. The van der Waals surface area contributed by atoms with Crippen molar-refractivity contribution in [2.45, 2.75) is 64.6 Å². The lowest BCUT2D eigenvalue weighted by Crippen LogP contribution is -2.72. The van der Waals surface area contributed by atoms with Crippen molar-refractivity contribution in [1.29, 1.82) is 0 Å². The van der Waals surface area contributed by atoms with E-state index in [9.17, 15) is 19.5 Å². The minimum absolute atomic E-state index is 0.0510. The van der Waals surface area contributed by atoms with E-state index < -0.39 is 29.1 Å². The first-order chi connectivity index (χ1) is 14.9. The monoisotopic (exact) mass is 447 g/mol. The molecule has 0 aromatic carbocycles. The van der Waals surface area contributed by atoms with Crippen LogP contribution in [0.15, 0.2) is 18.3 Å². The Kier molecular flexibility index (Phi) is 6.64. The van der Waals surface area contributed by atoms with Gasteiger partial charge in [0.05, 0.1) is 6.54 Å². The Balaban J connectivity index is 1.66. The van der Waals surface area contributed by atoms with Crippen LogP contribution in [0.2, 0.25) is 0 Å². The van der Waals surface area contributed by atoms with Crippen LogP contribution in [0, 0.1) is 6.92 Å². The van der Waals surface area contributed by atoms with Crippen LogP contribution in [0.1, 0.15) is 46.2 Å². The maximum absolute atomic E-state index is 12.9. The molecule has 10 heteroatoms. The smallest absolute Gasteiger partial charge is 0.410 e. The molecule has 2 saturated heterocycles. The van der Waals surface area contributed by atoms with E-state index >= 15 is 0 Å². The zero-order chi connectivity index (χ0) is 23.7. The van der Waals surface area contributed by atoms with Gasteiger partial charge in [0.1, 0.15) is 12.1 Å². The predicted octanol–water partition coefficient (Wildman–Crippen LogP) is 1.79. The van der Waals surface area contributed by atoms with E-state index in [-0.39, 0.29) is 19.1 Å². The Morgan fingerprint density at radius 1 is 1.28 bits per heavy atom. The van der Waals surface area contributed by atoms with Gasteiger partial charge in [-0.3, -0.25) is 19.7 Å². The number of carboxylic acids is 1. The Morgan fingerprint density at radius 2 is 1.94 bits per heavy atom. The number of piperidine rings is 1. The molecule has 2 amide bonds. The van der Waals surface area contributed by atoms with Crippen molar-refractivity contribution in [3.63, 3.8) is 0 Å². The molecule has 32 heavy (non-hydrogen) atoms. The molecule has 1 aromatic rings. The molecule has 0 saturated carbocycles. The maximum Gasteiger partial charge on any atom is 0.410 e. The molecule has 3 heterocycles. The highest BCUT2D eigenvalue weighted by molar-refractivity contribution is 5.91. The first kappa shape index (κ1) is 23.8. The van der Waals surface area contributed by atoms with Gasteiger partial charge in [-0.2, -0.15) is 0 Å². The Hall–Kier alpha value is -2.88. The molecule has 3 rings (SSSR count). The summed E-state index contributed by atoms with van der Waals surface area (Å²) in [5.74, 6) is -1.66. The molecule has 2 N–H and O–H groups in total. The average Bonchev–Trinajstić information content (AvgIpc) is 2.69. The molecule has 1 unspecified atom stereocenters. The van der Waals surface area contributed by atoms with Crippen molar-refractivity contribution in [3.05, 3.63) is 24.0 Å². The van der Waals surface area contributed by atoms with Gasteiger partial charge in [-0.15, -0.1) is 0 Å². The van der Waals surface area contributed by atoms with E-state index in [1.807, 2.05) is 19.1 Å². The second-order valence-corrected chi connectivity index (χ2v) is 9.69. The third-order valence-electron chi connectivity index (χ3n) is 5.73. The maximum atomic E-state index is 12.9. The Labute approximate surface area is 188 Å². The lowest BCUT2D eigenvalue weighted by Gasteiger charge is -2.47. The van der Waals surface area contributed by atoms with Crippen LogP contribution in [-0.2, 0) is 14.3 Å². The van der Waals surface area contributed by atoms with Gasteiger partial charge >= 0.3 is 12.1 Å². The highest BCUT2D eigenvalue weighted by Gasteiger charge is 2.50. The summed E-state index contributed by atoms with van der Waals surface area (Å²) >= 11 is 0. The standard InChI is InChI=1S/C22H33N5O5/c1-15-12-17(6-9-23-15)25-10-7-16(8-11-25)24-27-18(28)13-26(14-22(27,5)19(29)30)20(31)32-21(2,3)4/h6,9,12,16,24H,7-8,10-11,13-14H2,1-5H3,(H,29,30). The van der Waals surface area contributed by atoms with Crippen LogP contribution in [-0.4, -0.2) is 81.3 Å². The summed E-state index contributed by atoms with van der Waals surface area (Å²) in [6, 6.07) is 3.96. The number of pyridine rings is 1. The van der Waals surface area contributed by atoms with Crippen molar-refractivity contribution in [1.82, 2.24) is 20.3 Å². The fraction of sp³-hybridized carbons (Fsp3) is 0.636. The number of ether oxygens (including phenoxy) is 1. The molecule has 176 valence electrons. The lowest BCUT2D eigenvalue weighted by molar-refractivity contribution is -0.171. The average molecular weight is 448 g/mol. The zero-order valence-electron chi connectivity index (χ0n) is 19.4. The van der Waals surface area contributed by atoms with Gasteiger partial charge in [0.2, 0.25) is 0 Å². The van der Waals surface area contributed by atoms with E-state index in [1.165, 1.54) is 11.9 Å². The molecule has 0 radical (unpaired) electrons. The molecule has 1 atom stereocenters. The number of nitrogens with one attached hydrogen (secondary N) is 1. The van der Waals surface area contributed by atoms with Crippen molar-refractivity contribution < 1.29 is 24.2 Å². The Morgan fingerprint density at radius 3 is 2.50 bits per heavy atom. The molecular weight excluding hydrogens is 414 g/mol. The molecule has 2 fully saturated rings. The topological polar surface area (TPSA) is 115 Å². The number of nitrogens with zero attached hydrogens (tertiary/aromatic N) is 4. The summed E-state index contributed by atoms with van der Waals surface area (Å²) in [5.41, 5.74) is 2.87. The van der Waals surface area contributed by atoms with E-state index in [1.54, 1.807) is 27.0 Å². The number of aryl methyl sites for hydroxylation is 1. The van der Waals surface area contributed by atoms with E-state index in [4.69, 9.17) is 4.74 Å². The normalized spacial score (nSPS) is 22.8. The van der Waals surface area contributed by atoms with Gasteiger partial charge in [0.15, 0.2) is 5.54 Å². The van der Waals surface area contributed by atoms with Gasteiger partial charge in [-0.1, -0.05) is 0 Å². The summed E-state index contributed by atoms with van der Waals surface area (Å²) in [4.78, 5) is 45.2. The van der Waals surface area contributed by atoms with Crippen molar-refractivity contribution in [2.24, 2.45) is 0 Å². The van der Waals surface area contributed by atoms with E-state index in [2.05, 4.69) is 15.3 Å². The number of rotatable bonds is 4. The number of carbonyl (C=O) groups excluding carboxylic acids is 2. The quantitative estimate of drug-likeness (QED) is 0.718. The van der Waals surface area contributed by atoms with Gasteiger partial charge in [-0.05, 0) is 59.6 Å². The first-order valence-corrected chi connectivity index (χ1v) is 10.9. The third kappa shape index (κ3) is 5.29. The summed E-state index contributed by atoms with van der Waals surface area (Å²) in [6.45, 7) is 9.72. The molecule has 2 aliphatic rings. The number of hydrogen-bond donors (Lipinski definition) is 2. The number of hydrazine groups is 1. The SMILES string of the molecule is Cc1cc(N2CCC(NN3C(=O)CN(C(=O)OC(C)(C)C)CC3(C)C(=O)O)CC2)ccn1. The van der Waals surface area contributed by atoms with Crippen LogP contribution in [0.5, 0.6) is 0 Å². The highest BCUT2D eigenvalue weighted by Crippen LogP contribution is 2.26. The number of carboxylic acid groups (broad SMARTS) is 1. The van der Waals surface area contributed by atoms with Gasteiger partial charge in [-0.25, -0.2) is 15.0 Å². The highest BCUT2D eigenvalue weighted by atomic mass is 16.6. The number of anilines is 1. The molecule has 0 spiro atoms. The second kappa shape index (κ2) is 8.93. The molecule has 2 aliphatic heterocycles. The zero-order valence-corrected chi connectivity index (χ0v) is 19.4. The van der Waals surface area contributed by atoms with Crippen molar-refractivity contribution >= 4 is 23.7 Å². The van der Waals surface area contributed by atoms with Gasteiger partial charge in [0.25, 0.3) is 5.91 Å². The summed E-state index contributed by atoms with van der Waals surface area (Å²) in [7, 11) is 0. The minimum Gasteiger partial charge on any atom is -0.479 e. The van der Waals surface area contributed by atoms with Crippen LogP contribution in [0.25, 0.3) is 0 Å². The number of aromatic nitrogens is 1. The van der Waals surface area contributed by atoms with E-state index in [0.717, 1.165) is 42.2 Å². The van der Waals surface area contributed by atoms with Crippen LogP contribution in [0.3, 0.4) is 0 Å². The summed E-state index contributed by atoms with van der Waals surface area (Å²) < 4.78 is 5.34. The third-order valence-corrected chi connectivity index (χ3v) is 5.73. The first-order valence-electron chi connectivity index (χ1n) is 10.9. The lowest BCUT2D eigenvalue weighted by atomic mass is 9.97. The molecule has 0 aliphatic carbocycles. The molecule has 0 bridgehead atoms. The van der Waals surface area contributed by atoms with Gasteiger partial charge < -0.3 is 14.7 Å². The minimum atomic E-state index is -1.61. The number of amides is 2. The predicted molar refractivity (Wildman–Crippen MR) is 118 cm³/mol. The second-order valence-electron chi connectivity index (χ2n) is 9.69. The Bertz CT molecular complexity index is 878. The fourth-order valence-electron chi connectivity index (χ4n) is 4.02. The summed E-state index contributed by atoms with van der Waals surface area (Å²) in [6.07, 6.45) is 2.59. The molecule has 10 nitrogen and oxygen atoms in total. The number of piperazine rings is 1. The summed E-state index contributed by atoms with van der Waals surface area (Å²) in [5, 5.41) is 11.1. The number of carbonyl (C=O) groups is 3. The molecular formula is C22H33N5O5. The van der Waals surface area contributed by atoms with E-state index in [0.29, 0.717) is 0 Å². The van der Waals surface area contributed by atoms with Gasteiger partial charge in [0, 0.05) is 36.7 Å².